The first-order valence-corrected chi connectivity index (χ1v) is 16.5. The Balaban J connectivity index is 0.000000347. The first-order chi connectivity index (χ1) is 20.6. The van der Waals surface area contributed by atoms with E-state index in [9.17, 15) is 14.9 Å². The summed E-state index contributed by atoms with van der Waals surface area (Å²) in [4.78, 5) is 28.8. The second kappa shape index (κ2) is 27.4. The van der Waals surface area contributed by atoms with E-state index in [1.807, 2.05) is 0 Å². The van der Waals surface area contributed by atoms with Gasteiger partial charge in [0.15, 0.2) is 0 Å². The van der Waals surface area contributed by atoms with Crippen LogP contribution in [-0.2, 0) is 20.8 Å². The number of piperazine rings is 1. The maximum atomic E-state index is 9.97. The molecule has 2 aliphatic rings. The Morgan fingerprint density at radius 3 is 2.12 bits per heavy atom. The smallest absolute Gasteiger partial charge is 0.294 e. The van der Waals surface area contributed by atoms with Gasteiger partial charge in [0, 0.05) is 39.3 Å². The molecule has 0 atom stereocenters. The molecule has 0 radical (unpaired) electrons. The molecule has 1 saturated heterocycles. The standard InChI is InChI=1S/C16H24.C11H21N3O5.C7H14/c1-3-9-15(10-4-1)11-5-2-6-12-16-13-7-8-14-16;15-11-18-9-1-3-12-5-7-13(8-6-12)4-2-10-19-14(16)17;1-3-5-7-6-4-2/h1,3-4,9-10,16H,2,5-8,11-14H2;11H,1-10H2;3,5H,4,6-7H2,1-2H3/b;;5-3-. The molecular formula is C34H59N3O5. The van der Waals surface area contributed by atoms with Crippen LogP contribution in [0.3, 0.4) is 0 Å². The Labute approximate surface area is 255 Å². The molecule has 42 heavy (non-hydrogen) atoms. The molecule has 8 nitrogen and oxygen atoms in total. The van der Waals surface area contributed by atoms with Crippen LogP contribution in [0.15, 0.2) is 42.5 Å². The van der Waals surface area contributed by atoms with Gasteiger partial charge in [-0.25, -0.2) is 0 Å². The van der Waals surface area contributed by atoms with E-state index >= 15 is 0 Å². The summed E-state index contributed by atoms with van der Waals surface area (Å²) in [6, 6.07) is 10.9. The Morgan fingerprint density at radius 1 is 0.905 bits per heavy atom. The van der Waals surface area contributed by atoms with E-state index in [0.717, 1.165) is 51.6 Å². The van der Waals surface area contributed by atoms with Crippen LogP contribution in [0.25, 0.3) is 0 Å². The summed E-state index contributed by atoms with van der Waals surface area (Å²) in [5.41, 5.74) is 1.50. The highest BCUT2D eigenvalue weighted by Gasteiger charge is 2.16. The number of hydrogen-bond acceptors (Lipinski definition) is 7. The molecule has 0 aromatic heterocycles. The van der Waals surface area contributed by atoms with E-state index in [0.29, 0.717) is 19.5 Å². The molecule has 0 spiro atoms. The highest BCUT2D eigenvalue weighted by atomic mass is 16.9. The second-order valence-electron chi connectivity index (χ2n) is 11.4. The van der Waals surface area contributed by atoms with Crippen LogP contribution in [0.4, 0.5) is 0 Å². The molecule has 0 N–H and O–H groups in total. The van der Waals surface area contributed by atoms with Gasteiger partial charge in [0.25, 0.3) is 11.6 Å². The van der Waals surface area contributed by atoms with Gasteiger partial charge in [-0.2, -0.15) is 0 Å². The Hall–Kier alpha value is -2.45. The summed E-state index contributed by atoms with van der Waals surface area (Å²) in [7, 11) is 0. The zero-order valence-corrected chi connectivity index (χ0v) is 26.6. The molecule has 3 rings (SSSR count). The van der Waals surface area contributed by atoms with Gasteiger partial charge in [0.1, 0.15) is 0 Å². The van der Waals surface area contributed by atoms with Crippen LogP contribution >= 0.6 is 0 Å². The molecule has 1 aliphatic carbocycles. The molecule has 1 aliphatic heterocycles. The minimum Gasteiger partial charge on any atom is -0.468 e. The van der Waals surface area contributed by atoms with Crippen LogP contribution in [0.1, 0.15) is 103 Å². The molecule has 8 heteroatoms. The molecule has 0 bridgehead atoms. The number of nitrogens with zero attached hydrogens (tertiary/aromatic N) is 3. The average Bonchev–Trinajstić information content (AvgIpc) is 3.53. The Bertz CT molecular complexity index is 779. The zero-order valence-electron chi connectivity index (χ0n) is 26.6. The lowest BCUT2D eigenvalue weighted by Crippen LogP contribution is -2.47. The number of rotatable bonds is 19. The van der Waals surface area contributed by atoms with Gasteiger partial charge >= 0.3 is 0 Å². The summed E-state index contributed by atoms with van der Waals surface area (Å²) in [6.45, 7) is 11.1. The molecule has 1 aromatic rings. The maximum absolute atomic E-state index is 9.97. The van der Waals surface area contributed by atoms with Crippen LogP contribution in [0, 0.1) is 16.0 Å². The fourth-order valence-corrected chi connectivity index (χ4v) is 5.45. The van der Waals surface area contributed by atoms with E-state index in [1.165, 1.54) is 82.6 Å². The first-order valence-electron chi connectivity index (χ1n) is 16.5. The zero-order chi connectivity index (χ0) is 30.5. The lowest BCUT2D eigenvalue weighted by Gasteiger charge is -2.34. The third-order valence-corrected chi connectivity index (χ3v) is 7.94. The first kappa shape index (κ1) is 37.6. The van der Waals surface area contributed by atoms with Crippen molar-refractivity contribution in [1.82, 2.24) is 9.80 Å². The molecule has 240 valence electrons. The fraction of sp³-hybridized carbons (Fsp3) is 0.735. The van der Waals surface area contributed by atoms with Gasteiger partial charge in [-0.15, -0.1) is 10.1 Å². The molecule has 1 aromatic carbocycles. The molecule has 0 amide bonds. The number of unbranched alkanes of at least 4 members (excludes halogenated alkanes) is 4. The predicted molar refractivity (Wildman–Crippen MR) is 172 cm³/mol. The van der Waals surface area contributed by atoms with Gasteiger partial charge in [0.05, 0.1) is 13.2 Å². The number of aryl methyl sites for hydroxylation is 1. The van der Waals surface area contributed by atoms with Crippen LogP contribution in [-0.4, -0.2) is 73.8 Å². The van der Waals surface area contributed by atoms with Crippen molar-refractivity contribution in [2.75, 3.05) is 52.5 Å². The molecular weight excluding hydrogens is 530 g/mol. The number of allylic oxidation sites excluding steroid dienone is 2. The SMILES string of the molecule is C/C=C\CCCC.O=COCCCN1CCN(CCCO[N+](=O)[O-])CC1.c1ccc(CCCCCC2CCCC2)cc1. The Morgan fingerprint density at radius 2 is 1.55 bits per heavy atom. The Kier molecular flexibility index (Phi) is 24.5. The molecule has 0 unspecified atom stereocenters. The molecule has 1 heterocycles. The van der Waals surface area contributed by atoms with Crippen molar-refractivity contribution in [1.29, 1.82) is 0 Å². The number of ether oxygens (including phenoxy) is 1. The third kappa shape index (κ3) is 22.2. The fourth-order valence-electron chi connectivity index (χ4n) is 5.45. The highest BCUT2D eigenvalue weighted by Crippen LogP contribution is 2.29. The van der Waals surface area contributed by atoms with E-state index in [-0.39, 0.29) is 6.61 Å². The summed E-state index contributed by atoms with van der Waals surface area (Å²) >= 11 is 0. The topological polar surface area (TPSA) is 85.2 Å². The second-order valence-corrected chi connectivity index (χ2v) is 11.4. The van der Waals surface area contributed by atoms with Crippen LogP contribution in [0.5, 0.6) is 0 Å². The van der Waals surface area contributed by atoms with Crippen LogP contribution in [0.2, 0.25) is 0 Å². The van der Waals surface area contributed by atoms with Crippen molar-refractivity contribution < 1.29 is 19.5 Å². The lowest BCUT2D eigenvalue weighted by molar-refractivity contribution is -0.757. The number of hydrogen-bond donors (Lipinski definition) is 0. The van der Waals surface area contributed by atoms with Gasteiger partial charge in [0.2, 0.25) is 0 Å². The van der Waals surface area contributed by atoms with E-state index in [4.69, 9.17) is 0 Å². The quantitative estimate of drug-likeness (QED) is 0.0543. The minimum atomic E-state index is -0.751. The summed E-state index contributed by atoms with van der Waals surface area (Å²) in [5, 5.41) is 9.22. The molecule has 2 fully saturated rings. The summed E-state index contributed by atoms with van der Waals surface area (Å²) in [5.74, 6) is 1.08. The molecule has 1 saturated carbocycles. The number of benzene rings is 1. The number of carbonyl (C=O) groups excluding carboxylic acids is 1. The van der Waals surface area contributed by atoms with Crippen molar-refractivity contribution in [2.24, 2.45) is 5.92 Å². The highest BCUT2D eigenvalue weighted by molar-refractivity contribution is 5.36. The predicted octanol–water partition coefficient (Wildman–Crippen LogP) is 7.50. The summed E-state index contributed by atoms with van der Waals surface area (Å²) < 4.78 is 4.64. The van der Waals surface area contributed by atoms with E-state index < -0.39 is 5.09 Å². The average molecular weight is 590 g/mol. The van der Waals surface area contributed by atoms with Gasteiger partial charge in [-0.1, -0.05) is 107 Å². The third-order valence-electron chi connectivity index (χ3n) is 7.94. The largest absolute Gasteiger partial charge is 0.468 e. The van der Waals surface area contributed by atoms with Crippen molar-refractivity contribution in [3.8, 4) is 0 Å². The van der Waals surface area contributed by atoms with Crippen LogP contribution < -0.4 is 0 Å². The normalized spacial score (nSPS) is 15.9. The van der Waals surface area contributed by atoms with Crippen molar-refractivity contribution >= 4 is 6.47 Å². The van der Waals surface area contributed by atoms with Crippen molar-refractivity contribution in [3.63, 3.8) is 0 Å². The van der Waals surface area contributed by atoms with Gasteiger partial charge in [-0.05, 0) is 50.5 Å². The van der Waals surface area contributed by atoms with E-state index in [1.54, 1.807) is 0 Å². The van der Waals surface area contributed by atoms with Crippen molar-refractivity contribution in [3.05, 3.63) is 58.2 Å². The van der Waals surface area contributed by atoms with Gasteiger partial charge in [-0.3, -0.25) is 4.79 Å². The monoisotopic (exact) mass is 589 g/mol. The maximum Gasteiger partial charge on any atom is 0.294 e. The summed E-state index contributed by atoms with van der Waals surface area (Å²) in [6.07, 6.45) is 22.8. The van der Waals surface area contributed by atoms with Gasteiger partial charge < -0.3 is 19.4 Å². The number of carbonyl (C=O) groups is 1. The van der Waals surface area contributed by atoms with E-state index in [2.05, 4.69) is 75.7 Å². The minimum absolute atomic E-state index is 0.163. The van der Waals surface area contributed by atoms with Crippen molar-refractivity contribution in [2.45, 2.75) is 104 Å². The lowest BCUT2D eigenvalue weighted by atomic mass is 9.98.